The Bertz CT molecular complexity index is 681. The molecule has 0 saturated heterocycles. The lowest BCUT2D eigenvalue weighted by Crippen LogP contribution is -2.57. The van der Waals surface area contributed by atoms with Gasteiger partial charge in [0, 0.05) is 0 Å². The first-order chi connectivity index (χ1) is 13.7. The Labute approximate surface area is 172 Å². The average molecular weight is 431 g/mol. The van der Waals surface area contributed by atoms with Gasteiger partial charge in [-0.15, -0.1) is 0 Å². The number of nitrogens with one attached hydrogen (secondary N) is 3. The van der Waals surface area contributed by atoms with Gasteiger partial charge in [0.25, 0.3) is 0 Å². The van der Waals surface area contributed by atoms with Crippen LogP contribution >= 0.6 is 0 Å². The highest BCUT2D eigenvalue weighted by Gasteiger charge is 2.30. The van der Waals surface area contributed by atoms with Gasteiger partial charge in [-0.1, -0.05) is 13.8 Å². The van der Waals surface area contributed by atoms with Crippen molar-refractivity contribution < 1.29 is 39.0 Å². The third kappa shape index (κ3) is 10.4. The Balaban J connectivity index is 5.10. The molecule has 0 aliphatic carbocycles. The summed E-state index contributed by atoms with van der Waals surface area (Å²) in [5.74, 6) is -6.32. The number of hydrogen-bond acceptors (Lipinski definition) is 7. The summed E-state index contributed by atoms with van der Waals surface area (Å²) in [7, 11) is 0. The lowest BCUT2D eigenvalue weighted by molar-refractivity contribution is -0.143. The van der Waals surface area contributed by atoms with Crippen molar-refractivity contribution in [1.82, 2.24) is 16.0 Å². The lowest BCUT2D eigenvalue weighted by atomic mass is 10.0. The quantitative estimate of drug-likeness (QED) is 0.160. The number of rotatable bonds is 13. The second-order valence-electron chi connectivity index (χ2n) is 7.20. The Hall–Kier alpha value is -3.22. The Morgan fingerprint density at radius 1 is 0.800 bits per heavy atom. The number of carboxylic acid groups (broad SMARTS) is 2. The number of amides is 4. The molecular formula is C17H29N5O8. The van der Waals surface area contributed by atoms with Crippen LogP contribution < -0.4 is 27.4 Å². The molecule has 170 valence electrons. The molecule has 30 heavy (non-hydrogen) atoms. The molecule has 0 fully saturated rings. The van der Waals surface area contributed by atoms with E-state index in [1.54, 1.807) is 13.8 Å². The minimum atomic E-state index is -1.59. The summed E-state index contributed by atoms with van der Waals surface area (Å²) in [6.45, 7) is 4.81. The fraction of sp³-hybridized carbons (Fsp3) is 0.647. The highest BCUT2D eigenvalue weighted by molar-refractivity contribution is 5.96. The van der Waals surface area contributed by atoms with E-state index in [-0.39, 0.29) is 12.3 Å². The second-order valence-corrected chi connectivity index (χ2v) is 7.20. The van der Waals surface area contributed by atoms with Crippen LogP contribution in [0.1, 0.15) is 40.0 Å². The predicted octanol–water partition coefficient (Wildman–Crippen LogP) is -2.73. The molecule has 0 spiro atoms. The molecule has 0 aromatic carbocycles. The van der Waals surface area contributed by atoms with Crippen LogP contribution in [-0.4, -0.2) is 69.9 Å². The summed E-state index contributed by atoms with van der Waals surface area (Å²) in [5, 5.41) is 24.7. The number of hydrogen-bond donors (Lipinski definition) is 7. The van der Waals surface area contributed by atoms with Crippen LogP contribution in [0.3, 0.4) is 0 Å². The van der Waals surface area contributed by atoms with Crippen molar-refractivity contribution in [3.05, 3.63) is 0 Å². The average Bonchev–Trinajstić information content (AvgIpc) is 2.58. The first-order valence-corrected chi connectivity index (χ1v) is 9.14. The van der Waals surface area contributed by atoms with Crippen LogP contribution in [0.2, 0.25) is 0 Å². The Morgan fingerprint density at radius 3 is 1.77 bits per heavy atom. The fourth-order valence-electron chi connectivity index (χ4n) is 2.34. The van der Waals surface area contributed by atoms with Crippen LogP contribution in [-0.2, 0) is 28.8 Å². The third-order valence-electron chi connectivity index (χ3n) is 3.84. The zero-order chi connectivity index (χ0) is 23.6. The van der Waals surface area contributed by atoms with E-state index in [0.717, 1.165) is 0 Å². The molecule has 0 saturated carbocycles. The van der Waals surface area contributed by atoms with E-state index in [0.29, 0.717) is 0 Å². The van der Waals surface area contributed by atoms with E-state index in [1.807, 2.05) is 0 Å². The normalized spacial score (nSPS) is 14.7. The summed E-state index contributed by atoms with van der Waals surface area (Å²) in [4.78, 5) is 69.6. The smallest absolute Gasteiger partial charge is 0.326 e. The van der Waals surface area contributed by atoms with Crippen molar-refractivity contribution in [3.63, 3.8) is 0 Å². The van der Waals surface area contributed by atoms with Crippen molar-refractivity contribution >= 4 is 35.6 Å². The fourth-order valence-corrected chi connectivity index (χ4v) is 2.34. The zero-order valence-electron chi connectivity index (χ0n) is 17.0. The maximum Gasteiger partial charge on any atom is 0.326 e. The minimum absolute atomic E-state index is 0.0175. The Morgan fingerprint density at radius 2 is 1.33 bits per heavy atom. The number of primary amides is 1. The molecule has 13 nitrogen and oxygen atoms in total. The third-order valence-corrected chi connectivity index (χ3v) is 3.84. The van der Waals surface area contributed by atoms with Gasteiger partial charge in [-0.2, -0.15) is 0 Å². The standard InChI is InChI=1S/C17H29N5O8/c1-7(2)4-11(17(29)30)22-14(26)8(3)20-16(28)10(6-13(24)25)21-15(27)9(18)5-12(19)23/h7-11H,4-6,18H2,1-3H3,(H2,19,23)(H,20,28)(H,21,27)(H,22,26)(H,24,25)(H,29,30)/t8-,9-,10-,11-/m0/s1. The van der Waals surface area contributed by atoms with E-state index < -0.39 is 72.6 Å². The molecule has 0 unspecified atom stereocenters. The molecule has 0 aromatic rings. The number of carbonyl (C=O) groups is 6. The molecule has 4 amide bonds. The van der Waals surface area contributed by atoms with Gasteiger partial charge in [-0.3, -0.25) is 24.0 Å². The minimum Gasteiger partial charge on any atom is -0.481 e. The SMILES string of the molecule is CC(C)C[C@H](NC(=O)[C@H](C)NC(=O)[C@H](CC(=O)O)NC(=O)[C@@H](N)CC(N)=O)C(=O)O. The van der Waals surface area contributed by atoms with Gasteiger partial charge in [0.2, 0.25) is 23.6 Å². The molecule has 13 heteroatoms. The monoisotopic (exact) mass is 431 g/mol. The highest BCUT2D eigenvalue weighted by atomic mass is 16.4. The highest BCUT2D eigenvalue weighted by Crippen LogP contribution is 2.05. The van der Waals surface area contributed by atoms with Gasteiger partial charge in [0.05, 0.1) is 18.9 Å². The molecule has 0 heterocycles. The summed E-state index contributed by atoms with van der Waals surface area (Å²) in [5.41, 5.74) is 10.4. The maximum absolute atomic E-state index is 12.4. The van der Waals surface area contributed by atoms with Gasteiger partial charge >= 0.3 is 11.9 Å². The van der Waals surface area contributed by atoms with Crippen LogP contribution in [0, 0.1) is 5.92 Å². The lowest BCUT2D eigenvalue weighted by Gasteiger charge is -2.23. The van der Waals surface area contributed by atoms with Crippen molar-refractivity contribution in [2.45, 2.75) is 64.2 Å². The Kier molecular flexibility index (Phi) is 11.0. The number of aliphatic carboxylic acids is 2. The first-order valence-electron chi connectivity index (χ1n) is 9.14. The molecule has 0 radical (unpaired) electrons. The van der Waals surface area contributed by atoms with Crippen LogP contribution in [0.25, 0.3) is 0 Å². The van der Waals surface area contributed by atoms with E-state index >= 15 is 0 Å². The van der Waals surface area contributed by atoms with E-state index in [4.69, 9.17) is 16.6 Å². The number of carboxylic acids is 2. The summed E-state index contributed by atoms with van der Waals surface area (Å²) in [6, 6.07) is -5.37. The molecule has 0 aliphatic rings. The van der Waals surface area contributed by atoms with E-state index in [2.05, 4.69) is 16.0 Å². The number of nitrogens with two attached hydrogens (primary N) is 2. The molecular weight excluding hydrogens is 402 g/mol. The summed E-state index contributed by atoms with van der Waals surface area (Å²) < 4.78 is 0. The molecule has 0 aromatic heterocycles. The van der Waals surface area contributed by atoms with Crippen LogP contribution in [0.15, 0.2) is 0 Å². The summed E-state index contributed by atoms with van der Waals surface area (Å²) in [6.07, 6.45) is -1.17. The molecule has 4 atom stereocenters. The first kappa shape index (κ1) is 26.8. The molecule has 9 N–H and O–H groups in total. The van der Waals surface area contributed by atoms with Crippen molar-refractivity contribution in [2.24, 2.45) is 17.4 Å². The van der Waals surface area contributed by atoms with Crippen molar-refractivity contribution in [2.75, 3.05) is 0 Å². The molecule has 0 rings (SSSR count). The van der Waals surface area contributed by atoms with Crippen molar-refractivity contribution in [3.8, 4) is 0 Å². The molecule has 0 aliphatic heterocycles. The van der Waals surface area contributed by atoms with Gasteiger partial charge in [0.15, 0.2) is 0 Å². The van der Waals surface area contributed by atoms with Crippen molar-refractivity contribution in [1.29, 1.82) is 0 Å². The maximum atomic E-state index is 12.4. The van der Waals surface area contributed by atoms with Gasteiger partial charge in [-0.05, 0) is 19.3 Å². The largest absolute Gasteiger partial charge is 0.481 e. The van der Waals surface area contributed by atoms with E-state index in [1.165, 1.54) is 6.92 Å². The number of carbonyl (C=O) groups excluding carboxylic acids is 4. The second kappa shape index (κ2) is 12.4. The van der Waals surface area contributed by atoms with Gasteiger partial charge in [0.1, 0.15) is 18.1 Å². The van der Waals surface area contributed by atoms with E-state index in [9.17, 15) is 33.9 Å². The summed E-state index contributed by atoms with van der Waals surface area (Å²) >= 11 is 0. The predicted molar refractivity (Wildman–Crippen MR) is 103 cm³/mol. The van der Waals surface area contributed by atoms with Crippen LogP contribution in [0.5, 0.6) is 0 Å². The van der Waals surface area contributed by atoms with Gasteiger partial charge in [-0.25, -0.2) is 4.79 Å². The van der Waals surface area contributed by atoms with Crippen LogP contribution in [0.4, 0.5) is 0 Å². The zero-order valence-corrected chi connectivity index (χ0v) is 17.0. The molecule has 0 bridgehead atoms. The topological polar surface area (TPSA) is 231 Å². The van der Waals surface area contributed by atoms with Gasteiger partial charge < -0.3 is 37.6 Å².